The van der Waals surface area contributed by atoms with Gasteiger partial charge in [-0.15, -0.1) is 0 Å². The zero-order valence-electron chi connectivity index (χ0n) is 10.2. The summed E-state index contributed by atoms with van der Waals surface area (Å²) < 4.78 is 43.5. The molecule has 0 unspecified atom stereocenters. The lowest BCUT2D eigenvalue weighted by Gasteiger charge is -2.34. The number of rotatable bonds is 2. The van der Waals surface area contributed by atoms with E-state index in [1.807, 2.05) is 6.92 Å². The molecule has 1 aromatic rings. The summed E-state index contributed by atoms with van der Waals surface area (Å²) in [6.07, 6.45) is -2.74. The Bertz CT molecular complexity index is 411. The van der Waals surface area contributed by atoms with Gasteiger partial charge in [0.2, 0.25) is 0 Å². The number of hydrogen-bond donors (Lipinski definition) is 1. The van der Waals surface area contributed by atoms with Crippen LogP contribution >= 0.6 is 0 Å². The van der Waals surface area contributed by atoms with Gasteiger partial charge in [-0.3, -0.25) is 0 Å². The van der Waals surface area contributed by atoms with E-state index in [1.165, 1.54) is 6.07 Å². The van der Waals surface area contributed by atoms with Gasteiger partial charge < -0.3 is 10.1 Å². The van der Waals surface area contributed by atoms with Gasteiger partial charge in [0, 0.05) is 0 Å². The van der Waals surface area contributed by atoms with Crippen molar-refractivity contribution in [2.45, 2.75) is 31.5 Å². The lowest BCUT2D eigenvalue weighted by Crippen LogP contribution is -2.43. The maximum Gasteiger partial charge on any atom is 0.416 e. The second-order valence-corrected chi connectivity index (χ2v) is 4.83. The summed E-state index contributed by atoms with van der Waals surface area (Å²) in [5.41, 5.74) is -1.05. The minimum atomic E-state index is -4.33. The Morgan fingerprint density at radius 3 is 2.50 bits per heavy atom. The molecule has 18 heavy (non-hydrogen) atoms. The molecule has 2 nitrogen and oxygen atoms in total. The van der Waals surface area contributed by atoms with E-state index in [0.29, 0.717) is 0 Å². The highest BCUT2D eigenvalue weighted by Gasteiger charge is 2.32. The van der Waals surface area contributed by atoms with Crippen molar-refractivity contribution in [2.75, 3.05) is 13.1 Å². The number of benzene rings is 1. The number of halogens is 3. The maximum absolute atomic E-state index is 12.6. The lowest BCUT2D eigenvalue weighted by molar-refractivity contribution is -0.137. The van der Waals surface area contributed by atoms with Gasteiger partial charge in [0.25, 0.3) is 0 Å². The fourth-order valence-corrected chi connectivity index (χ4v) is 2.08. The smallest absolute Gasteiger partial charge is 0.416 e. The molecule has 0 radical (unpaired) electrons. The van der Waals surface area contributed by atoms with Gasteiger partial charge in [-0.25, -0.2) is 0 Å². The first-order valence-corrected chi connectivity index (χ1v) is 5.96. The number of alkyl halides is 3. The molecule has 1 aliphatic rings. The quantitative estimate of drug-likeness (QED) is 0.880. The molecule has 1 N–H and O–H groups in total. The highest BCUT2D eigenvalue weighted by atomic mass is 19.4. The van der Waals surface area contributed by atoms with E-state index < -0.39 is 11.7 Å². The molecule has 5 heteroatoms. The van der Waals surface area contributed by atoms with Crippen LogP contribution in [0.1, 0.15) is 25.3 Å². The summed E-state index contributed by atoms with van der Waals surface area (Å²) in [6, 6.07) is 5.07. The molecule has 1 aromatic carbocycles. The standard InChI is InChI=1S/C13H16F3NO/c1-12(5-7-17-8-6-12)18-11-4-2-3-10(9-11)13(14,15)16/h2-4,9,17H,5-8H2,1H3. The van der Waals surface area contributed by atoms with E-state index in [0.717, 1.165) is 38.1 Å². The zero-order valence-corrected chi connectivity index (χ0v) is 10.2. The van der Waals surface area contributed by atoms with E-state index in [1.54, 1.807) is 6.07 Å². The molecule has 0 atom stereocenters. The third-order valence-electron chi connectivity index (χ3n) is 3.19. The zero-order chi connectivity index (χ0) is 13.2. The highest BCUT2D eigenvalue weighted by Crippen LogP contribution is 2.33. The van der Waals surface area contributed by atoms with Crippen LogP contribution in [0.4, 0.5) is 13.2 Å². The van der Waals surface area contributed by atoms with E-state index in [9.17, 15) is 13.2 Å². The largest absolute Gasteiger partial charge is 0.487 e. The second kappa shape index (κ2) is 4.80. The van der Waals surface area contributed by atoms with Crippen molar-refractivity contribution in [2.24, 2.45) is 0 Å². The first-order valence-electron chi connectivity index (χ1n) is 5.96. The molecule has 0 aromatic heterocycles. The minimum absolute atomic E-state index is 0.286. The van der Waals surface area contributed by atoms with Gasteiger partial charge in [0.05, 0.1) is 5.56 Å². The normalized spacial score (nSPS) is 19.6. The van der Waals surface area contributed by atoms with Gasteiger partial charge in [-0.1, -0.05) is 6.07 Å². The Labute approximate surface area is 104 Å². The fraction of sp³-hybridized carbons (Fsp3) is 0.538. The number of hydrogen-bond acceptors (Lipinski definition) is 2. The van der Waals surface area contributed by atoms with Crippen LogP contribution in [0.5, 0.6) is 5.75 Å². The van der Waals surface area contributed by atoms with Crippen LogP contribution in [0.25, 0.3) is 0 Å². The van der Waals surface area contributed by atoms with Crippen molar-refractivity contribution in [3.63, 3.8) is 0 Å². The van der Waals surface area contributed by atoms with Crippen LogP contribution in [0, 0.1) is 0 Å². The summed E-state index contributed by atoms with van der Waals surface area (Å²) in [5, 5.41) is 3.20. The predicted molar refractivity (Wildman–Crippen MR) is 62.6 cm³/mol. The van der Waals surface area contributed by atoms with E-state index in [2.05, 4.69) is 5.32 Å². The molecule has 1 heterocycles. The molecule has 1 saturated heterocycles. The van der Waals surface area contributed by atoms with Crippen molar-refractivity contribution in [3.05, 3.63) is 29.8 Å². The second-order valence-electron chi connectivity index (χ2n) is 4.83. The molecule has 100 valence electrons. The minimum Gasteiger partial charge on any atom is -0.487 e. The molecular formula is C13H16F3NO. The SMILES string of the molecule is CC1(Oc2cccc(C(F)(F)F)c2)CCNCC1. The lowest BCUT2D eigenvalue weighted by atomic mass is 9.94. The molecule has 0 amide bonds. The van der Waals surface area contributed by atoms with Gasteiger partial charge in [0.15, 0.2) is 0 Å². The molecule has 0 aliphatic carbocycles. The van der Waals surface area contributed by atoms with Gasteiger partial charge >= 0.3 is 6.18 Å². The van der Waals surface area contributed by atoms with E-state index in [4.69, 9.17) is 4.74 Å². The fourth-order valence-electron chi connectivity index (χ4n) is 2.08. The van der Waals surface area contributed by atoms with Crippen molar-refractivity contribution < 1.29 is 17.9 Å². The van der Waals surface area contributed by atoms with Crippen LogP contribution in [-0.4, -0.2) is 18.7 Å². The Hall–Kier alpha value is -1.23. The maximum atomic E-state index is 12.6. The van der Waals surface area contributed by atoms with Crippen molar-refractivity contribution in [3.8, 4) is 5.75 Å². The Kier molecular flexibility index (Phi) is 3.52. The first kappa shape index (κ1) is 13.2. The van der Waals surface area contributed by atoms with Gasteiger partial charge in [0.1, 0.15) is 11.4 Å². The molecule has 0 bridgehead atoms. The first-order chi connectivity index (χ1) is 8.39. The monoisotopic (exact) mass is 259 g/mol. The summed E-state index contributed by atoms with van der Waals surface area (Å²) in [6.45, 7) is 3.60. The molecular weight excluding hydrogens is 243 g/mol. The summed E-state index contributed by atoms with van der Waals surface area (Å²) in [4.78, 5) is 0. The van der Waals surface area contributed by atoms with Crippen LogP contribution in [0.2, 0.25) is 0 Å². The molecule has 2 rings (SSSR count). The average molecular weight is 259 g/mol. The predicted octanol–water partition coefficient (Wildman–Crippen LogP) is 3.23. The van der Waals surface area contributed by atoms with E-state index >= 15 is 0 Å². The highest BCUT2D eigenvalue weighted by molar-refractivity contribution is 5.30. The number of piperidine rings is 1. The van der Waals surface area contributed by atoms with E-state index in [-0.39, 0.29) is 11.4 Å². The Morgan fingerprint density at radius 1 is 1.22 bits per heavy atom. The molecule has 1 aliphatic heterocycles. The van der Waals surface area contributed by atoms with Crippen molar-refractivity contribution >= 4 is 0 Å². The van der Waals surface area contributed by atoms with Crippen LogP contribution in [0.15, 0.2) is 24.3 Å². The van der Waals surface area contributed by atoms with Crippen LogP contribution in [0.3, 0.4) is 0 Å². The molecule has 0 saturated carbocycles. The Morgan fingerprint density at radius 2 is 1.89 bits per heavy atom. The van der Waals surface area contributed by atoms with Crippen molar-refractivity contribution in [1.29, 1.82) is 0 Å². The summed E-state index contributed by atoms with van der Waals surface area (Å²) >= 11 is 0. The van der Waals surface area contributed by atoms with Gasteiger partial charge in [-0.05, 0) is 51.1 Å². The average Bonchev–Trinajstić information content (AvgIpc) is 2.28. The third kappa shape index (κ3) is 3.16. The van der Waals surface area contributed by atoms with Crippen molar-refractivity contribution in [1.82, 2.24) is 5.32 Å². The van der Waals surface area contributed by atoms with Crippen LogP contribution in [-0.2, 0) is 6.18 Å². The van der Waals surface area contributed by atoms with Gasteiger partial charge in [-0.2, -0.15) is 13.2 Å². The number of nitrogens with one attached hydrogen (secondary N) is 1. The summed E-state index contributed by atoms with van der Waals surface area (Å²) in [7, 11) is 0. The topological polar surface area (TPSA) is 21.3 Å². The third-order valence-corrected chi connectivity index (χ3v) is 3.19. The Balaban J connectivity index is 2.14. The van der Waals surface area contributed by atoms with Crippen LogP contribution < -0.4 is 10.1 Å². The number of ether oxygens (including phenoxy) is 1. The molecule has 1 fully saturated rings. The molecule has 0 spiro atoms. The summed E-state index contributed by atoms with van der Waals surface area (Å²) in [5.74, 6) is 0.286.